The van der Waals surface area contributed by atoms with Gasteiger partial charge in [0.2, 0.25) is 0 Å². The average molecular weight is 323 g/mol. The summed E-state index contributed by atoms with van der Waals surface area (Å²) in [7, 11) is 1.84. The van der Waals surface area contributed by atoms with Gasteiger partial charge >= 0.3 is 6.03 Å². The number of hydrogen-bond donors (Lipinski definition) is 2. The van der Waals surface area contributed by atoms with E-state index in [4.69, 9.17) is 0 Å². The van der Waals surface area contributed by atoms with E-state index in [0.29, 0.717) is 12.6 Å². The summed E-state index contributed by atoms with van der Waals surface area (Å²) < 4.78 is 1.70. The first-order valence-electron chi connectivity index (χ1n) is 8.24. The number of rotatable bonds is 4. The van der Waals surface area contributed by atoms with Crippen molar-refractivity contribution in [2.24, 2.45) is 7.05 Å². The predicted octanol–water partition coefficient (Wildman–Crippen LogP) is 3.41. The fourth-order valence-electron chi connectivity index (χ4n) is 3.06. The molecule has 0 aliphatic heterocycles. The summed E-state index contributed by atoms with van der Waals surface area (Å²) in [5.41, 5.74) is 3.15. The number of aryl methyl sites for hydroxylation is 2. The van der Waals surface area contributed by atoms with Crippen molar-refractivity contribution >= 4 is 22.8 Å². The van der Waals surface area contributed by atoms with Crippen LogP contribution in [0.5, 0.6) is 0 Å². The van der Waals surface area contributed by atoms with E-state index < -0.39 is 0 Å². The van der Waals surface area contributed by atoms with Crippen LogP contribution in [0, 0.1) is 6.92 Å². The van der Waals surface area contributed by atoms with Crippen LogP contribution in [-0.4, -0.2) is 31.7 Å². The number of fused-ring (bicyclic) bond motifs is 1. The molecule has 124 valence electrons. The van der Waals surface area contributed by atoms with Crippen molar-refractivity contribution in [1.82, 2.24) is 19.7 Å². The monoisotopic (exact) mass is 323 g/mol. The number of urea groups is 1. The Kier molecular flexibility index (Phi) is 3.52. The number of H-pyrrole nitrogens is 1. The third-order valence-corrected chi connectivity index (χ3v) is 4.46. The first-order chi connectivity index (χ1) is 11.6. The summed E-state index contributed by atoms with van der Waals surface area (Å²) >= 11 is 0. The molecule has 0 atom stereocenters. The van der Waals surface area contributed by atoms with E-state index >= 15 is 0 Å². The van der Waals surface area contributed by atoms with Crippen molar-refractivity contribution in [3.05, 3.63) is 47.8 Å². The Morgan fingerprint density at radius 2 is 2.21 bits per heavy atom. The van der Waals surface area contributed by atoms with Gasteiger partial charge in [0.05, 0.1) is 5.69 Å². The highest BCUT2D eigenvalue weighted by molar-refractivity contribution is 5.89. The molecule has 4 rings (SSSR count). The number of nitrogens with zero attached hydrogens (tertiary/aromatic N) is 3. The second-order valence-electron chi connectivity index (χ2n) is 6.48. The zero-order valence-electron chi connectivity index (χ0n) is 13.9. The van der Waals surface area contributed by atoms with E-state index in [1.165, 1.54) is 5.39 Å². The fourth-order valence-corrected chi connectivity index (χ4v) is 3.06. The molecule has 0 unspecified atom stereocenters. The maximum atomic E-state index is 12.7. The Bertz CT molecular complexity index is 890. The van der Waals surface area contributed by atoms with E-state index in [0.717, 1.165) is 35.4 Å². The van der Waals surface area contributed by atoms with Gasteiger partial charge in [-0.15, -0.1) is 0 Å². The number of anilines is 1. The summed E-state index contributed by atoms with van der Waals surface area (Å²) in [4.78, 5) is 17.9. The Labute approximate surface area is 140 Å². The summed E-state index contributed by atoms with van der Waals surface area (Å²) in [5, 5.41) is 8.43. The number of carbonyl (C=O) groups excluding carboxylic acids is 1. The van der Waals surface area contributed by atoms with Crippen molar-refractivity contribution in [3.8, 4) is 0 Å². The van der Waals surface area contributed by atoms with Crippen LogP contribution in [0.3, 0.4) is 0 Å². The van der Waals surface area contributed by atoms with Gasteiger partial charge in [-0.3, -0.25) is 10.00 Å². The van der Waals surface area contributed by atoms with Gasteiger partial charge in [0.25, 0.3) is 0 Å². The highest BCUT2D eigenvalue weighted by Crippen LogP contribution is 2.29. The number of aromatic nitrogens is 3. The lowest BCUT2D eigenvalue weighted by Crippen LogP contribution is -2.36. The van der Waals surface area contributed by atoms with Crippen molar-refractivity contribution in [2.75, 3.05) is 5.32 Å². The third kappa shape index (κ3) is 2.87. The molecule has 0 saturated heterocycles. The van der Waals surface area contributed by atoms with Crippen LogP contribution < -0.4 is 5.32 Å². The highest BCUT2D eigenvalue weighted by Gasteiger charge is 2.33. The number of aromatic amines is 1. The van der Waals surface area contributed by atoms with Gasteiger partial charge in [-0.1, -0.05) is 6.07 Å². The van der Waals surface area contributed by atoms with Crippen LogP contribution in [0.4, 0.5) is 10.6 Å². The zero-order chi connectivity index (χ0) is 16.7. The van der Waals surface area contributed by atoms with Gasteiger partial charge in [-0.2, -0.15) is 5.10 Å². The molecule has 2 aromatic heterocycles. The maximum Gasteiger partial charge on any atom is 0.323 e. The molecule has 1 aliphatic carbocycles. The Morgan fingerprint density at radius 3 is 2.92 bits per heavy atom. The molecule has 0 bridgehead atoms. The molecule has 1 saturated carbocycles. The van der Waals surface area contributed by atoms with Crippen LogP contribution in [-0.2, 0) is 13.6 Å². The van der Waals surface area contributed by atoms with Crippen LogP contribution >= 0.6 is 0 Å². The lowest BCUT2D eigenvalue weighted by molar-refractivity contribution is 0.206. The van der Waals surface area contributed by atoms with E-state index in [1.54, 1.807) is 4.68 Å². The number of carbonyl (C=O) groups is 1. The molecule has 0 spiro atoms. The van der Waals surface area contributed by atoms with Crippen LogP contribution in [0.2, 0.25) is 0 Å². The summed E-state index contributed by atoms with van der Waals surface area (Å²) in [6, 6.07) is 10.5. The Hall–Kier alpha value is -2.76. The fraction of sp³-hybridized carbons (Fsp3) is 0.333. The van der Waals surface area contributed by atoms with E-state index in [1.807, 2.05) is 31.1 Å². The summed E-state index contributed by atoms with van der Waals surface area (Å²) in [6.45, 7) is 2.54. The third-order valence-electron chi connectivity index (χ3n) is 4.46. The molecule has 24 heavy (non-hydrogen) atoms. The molecule has 2 N–H and O–H groups in total. The quantitative estimate of drug-likeness (QED) is 0.773. The molecule has 2 amide bonds. The molecule has 1 aromatic carbocycles. The molecular formula is C18H21N5O. The molecule has 1 fully saturated rings. The largest absolute Gasteiger partial charge is 0.361 e. The standard InChI is InChI=1S/C18H21N5O/c1-12-9-17(22(2)21-12)20-18(24)23(15-4-5-15)11-13-3-6-16-14(10-13)7-8-19-16/h3,6-10,15,19H,4-5,11H2,1-2H3,(H,20,24). The second-order valence-corrected chi connectivity index (χ2v) is 6.48. The minimum Gasteiger partial charge on any atom is -0.361 e. The van der Waals surface area contributed by atoms with Gasteiger partial charge in [-0.25, -0.2) is 4.79 Å². The SMILES string of the molecule is Cc1cc(NC(=O)N(Cc2ccc3[nH]ccc3c2)C2CC2)n(C)n1. The smallest absolute Gasteiger partial charge is 0.323 e. The van der Waals surface area contributed by atoms with Crippen LogP contribution in [0.15, 0.2) is 36.5 Å². The lowest BCUT2D eigenvalue weighted by Gasteiger charge is -2.23. The number of benzene rings is 1. The van der Waals surface area contributed by atoms with Crippen LogP contribution in [0.25, 0.3) is 10.9 Å². The topological polar surface area (TPSA) is 66.0 Å². The average Bonchev–Trinajstić information content (AvgIpc) is 3.19. The number of amides is 2. The molecule has 6 nitrogen and oxygen atoms in total. The lowest BCUT2D eigenvalue weighted by atomic mass is 10.1. The highest BCUT2D eigenvalue weighted by atomic mass is 16.2. The van der Waals surface area contributed by atoms with Gasteiger partial charge in [0.15, 0.2) is 0 Å². The van der Waals surface area contributed by atoms with Crippen molar-refractivity contribution in [2.45, 2.75) is 32.4 Å². The normalized spacial score (nSPS) is 14.1. The number of hydrogen-bond acceptors (Lipinski definition) is 2. The van der Waals surface area contributed by atoms with Gasteiger partial charge in [0, 0.05) is 37.4 Å². The minimum absolute atomic E-state index is 0.0605. The summed E-state index contributed by atoms with van der Waals surface area (Å²) in [5.74, 6) is 0.726. The maximum absolute atomic E-state index is 12.7. The van der Waals surface area contributed by atoms with E-state index in [2.05, 4.69) is 39.7 Å². The predicted molar refractivity (Wildman–Crippen MR) is 93.8 cm³/mol. The minimum atomic E-state index is -0.0605. The first-order valence-corrected chi connectivity index (χ1v) is 8.24. The van der Waals surface area contributed by atoms with Crippen molar-refractivity contribution in [3.63, 3.8) is 0 Å². The van der Waals surface area contributed by atoms with Crippen LogP contribution in [0.1, 0.15) is 24.1 Å². The Morgan fingerprint density at radius 1 is 1.38 bits per heavy atom. The summed E-state index contributed by atoms with van der Waals surface area (Å²) in [6.07, 6.45) is 4.08. The van der Waals surface area contributed by atoms with E-state index in [-0.39, 0.29) is 6.03 Å². The molecule has 1 aliphatic rings. The zero-order valence-corrected chi connectivity index (χ0v) is 13.9. The molecule has 3 aromatic rings. The molecule has 6 heteroatoms. The molecule has 0 radical (unpaired) electrons. The number of nitrogens with one attached hydrogen (secondary N) is 2. The second kappa shape index (κ2) is 5.70. The van der Waals surface area contributed by atoms with Gasteiger partial charge < -0.3 is 9.88 Å². The first kappa shape index (κ1) is 14.8. The van der Waals surface area contributed by atoms with Gasteiger partial charge in [0.1, 0.15) is 5.82 Å². The van der Waals surface area contributed by atoms with E-state index in [9.17, 15) is 4.79 Å². The Balaban J connectivity index is 1.53. The van der Waals surface area contributed by atoms with Gasteiger partial charge in [-0.05, 0) is 48.9 Å². The molecular weight excluding hydrogens is 302 g/mol. The van der Waals surface area contributed by atoms with Crippen molar-refractivity contribution in [1.29, 1.82) is 0 Å². The van der Waals surface area contributed by atoms with Crippen molar-refractivity contribution < 1.29 is 4.79 Å². The molecule has 2 heterocycles.